The summed E-state index contributed by atoms with van der Waals surface area (Å²) in [6.45, 7) is 5.52. The van der Waals surface area contributed by atoms with Crippen LogP contribution in [0.2, 0.25) is 10.0 Å². The maximum absolute atomic E-state index is 13.8. The van der Waals surface area contributed by atoms with Gasteiger partial charge in [0, 0.05) is 28.7 Å². The molecular weight excluding hydrogens is 525 g/mol. The van der Waals surface area contributed by atoms with E-state index >= 15 is 0 Å². The lowest BCUT2D eigenvalue weighted by atomic mass is 10.1. The van der Waals surface area contributed by atoms with Crippen LogP contribution in [0.4, 0.5) is 5.69 Å². The predicted octanol–water partition coefficient (Wildman–Crippen LogP) is 4.35. The fourth-order valence-electron chi connectivity index (χ4n) is 3.63. The van der Waals surface area contributed by atoms with Crippen LogP contribution in [-0.4, -0.2) is 57.6 Å². The van der Waals surface area contributed by atoms with E-state index in [1.165, 1.54) is 12.0 Å². The molecule has 0 radical (unpaired) electrons. The first-order valence-electron chi connectivity index (χ1n) is 11.5. The summed E-state index contributed by atoms with van der Waals surface area (Å²) < 4.78 is 31.8. The van der Waals surface area contributed by atoms with Gasteiger partial charge >= 0.3 is 0 Å². The number of nitrogens with zero attached hydrogens (tertiary/aromatic N) is 2. The Morgan fingerprint density at radius 2 is 1.67 bits per heavy atom. The lowest BCUT2D eigenvalue weighted by Gasteiger charge is -2.33. The average Bonchev–Trinajstić information content (AvgIpc) is 2.81. The molecule has 0 saturated carbocycles. The fourth-order valence-corrected chi connectivity index (χ4v) is 5.00. The number of para-hydroxylation sites is 2. The number of hydrogen-bond donors (Lipinski definition) is 1. The average molecular weight is 559 g/mol. The molecule has 0 fully saturated rings. The number of nitrogens with one attached hydrogen (secondary N) is 1. The van der Waals surface area contributed by atoms with Crippen molar-refractivity contribution in [3.8, 4) is 5.75 Å². The third-order valence-corrected chi connectivity index (χ3v) is 7.33. The highest BCUT2D eigenvalue weighted by molar-refractivity contribution is 7.92. The second-order valence-corrected chi connectivity index (χ2v) is 11.4. The molecule has 0 aliphatic heterocycles. The van der Waals surface area contributed by atoms with Crippen molar-refractivity contribution in [2.24, 2.45) is 5.92 Å². The minimum absolute atomic E-state index is 0.0749. The molecule has 2 aromatic carbocycles. The molecule has 0 aliphatic carbocycles. The molecule has 0 spiro atoms. The number of carbonyl (C=O) groups is 2. The van der Waals surface area contributed by atoms with Gasteiger partial charge in [0.15, 0.2) is 0 Å². The van der Waals surface area contributed by atoms with Gasteiger partial charge in [0.05, 0.1) is 19.1 Å². The van der Waals surface area contributed by atoms with Gasteiger partial charge in [0.2, 0.25) is 21.8 Å². The molecule has 0 saturated heterocycles. The molecule has 0 heterocycles. The SMILES string of the molecule is CC[C@@H](C(=O)NCC(C)C)N(Cc1c(Cl)cccc1Cl)C(=O)CN(c1ccccc1OC)S(C)(=O)=O. The standard InChI is InChI=1S/C25H33Cl2N3O5S/c1-6-21(25(32)28-14-17(2)3)29(15-18-19(26)10-9-11-20(18)27)24(31)16-30(36(5,33)34)22-12-7-8-13-23(22)35-4/h7-13,17,21H,6,14-16H2,1-5H3,(H,28,32)/t21-/m0/s1. The number of sulfonamides is 1. The number of methoxy groups -OCH3 is 1. The Balaban J connectivity index is 2.52. The summed E-state index contributed by atoms with van der Waals surface area (Å²) >= 11 is 12.8. The van der Waals surface area contributed by atoms with Crippen LogP contribution in [0, 0.1) is 5.92 Å². The highest BCUT2D eigenvalue weighted by atomic mass is 35.5. The molecule has 2 rings (SSSR count). The fraction of sp³-hybridized carbons (Fsp3) is 0.440. The molecular formula is C25H33Cl2N3O5S. The zero-order valence-electron chi connectivity index (χ0n) is 21.1. The number of carbonyl (C=O) groups excluding carboxylic acids is 2. The largest absolute Gasteiger partial charge is 0.495 e. The maximum atomic E-state index is 13.8. The predicted molar refractivity (Wildman–Crippen MR) is 144 cm³/mol. The van der Waals surface area contributed by atoms with Gasteiger partial charge in [0.25, 0.3) is 0 Å². The normalized spacial score (nSPS) is 12.2. The Hall–Kier alpha value is -2.49. The third-order valence-electron chi connectivity index (χ3n) is 5.49. The molecule has 0 bridgehead atoms. The summed E-state index contributed by atoms with van der Waals surface area (Å²) in [5.74, 6) is -0.433. The summed E-state index contributed by atoms with van der Waals surface area (Å²) in [4.78, 5) is 28.2. The number of hydrogen-bond acceptors (Lipinski definition) is 5. The van der Waals surface area contributed by atoms with E-state index in [2.05, 4.69) is 5.32 Å². The van der Waals surface area contributed by atoms with Gasteiger partial charge in [-0.05, 0) is 36.6 Å². The smallest absolute Gasteiger partial charge is 0.244 e. The van der Waals surface area contributed by atoms with Crippen molar-refractivity contribution in [2.75, 3.05) is 30.8 Å². The minimum Gasteiger partial charge on any atom is -0.495 e. The number of rotatable bonds is 12. The molecule has 11 heteroatoms. The highest BCUT2D eigenvalue weighted by Gasteiger charge is 2.33. The molecule has 2 aromatic rings. The molecule has 1 atom stereocenters. The minimum atomic E-state index is -3.89. The molecule has 0 aromatic heterocycles. The van der Waals surface area contributed by atoms with Crippen molar-refractivity contribution in [3.05, 3.63) is 58.1 Å². The van der Waals surface area contributed by atoms with E-state index in [4.69, 9.17) is 27.9 Å². The van der Waals surface area contributed by atoms with Gasteiger partial charge in [-0.15, -0.1) is 0 Å². The van der Waals surface area contributed by atoms with E-state index in [1.54, 1.807) is 49.4 Å². The zero-order valence-corrected chi connectivity index (χ0v) is 23.5. The summed E-state index contributed by atoms with van der Waals surface area (Å²) in [7, 11) is -2.47. The lowest BCUT2D eigenvalue weighted by Crippen LogP contribution is -2.52. The summed E-state index contributed by atoms with van der Waals surface area (Å²) in [5, 5.41) is 3.54. The van der Waals surface area contributed by atoms with Gasteiger partial charge in [-0.1, -0.05) is 62.2 Å². The van der Waals surface area contributed by atoms with E-state index in [1.807, 2.05) is 13.8 Å². The number of anilines is 1. The van der Waals surface area contributed by atoms with Gasteiger partial charge in [0.1, 0.15) is 18.3 Å². The van der Waals surface area contributed by atoms with Crippen LogP contribution in [0.1, 0.15) is 32.8 Å². The highest BCUT2D eigenvalue weighted by Crippen LogP contribution is 2.31. The van der Waals surface area contributed by atoms with Crippen molar-refractivity contribution >= 4 is 50.7 Å². The summed E-state index contributed by atoms with van der Waals surface area (Å²) in [5.41, 5.74) is 0.677. The second-order valence-electron chi connectivity index (χ2n) is 8.73. The monoisotopic (exact) mass is 557 g/mol. The third kappa shape index (κ3) is 7.75. The van der Waals surface area contributed by atoms with Crippen LogP contribution in [-0.2, 0) is 26.2 Å². The quantitative estimate of drug-likeness (QED) is 0.418. The maximum Gasteiger partial charge on any atom is 0.244 e. The first-order valence-corrected chi connectivity index (χ1v) is 14.1. The Morgan fingerprint density at radius 1 is 1.06 bits per heavy atom. The second kappa shape index (κ2) is 13.2. The van der Waals surface area contributed by atoms with Crippen molar-refractivity contribution in [1.29, 1.82) is 0 Å². The molecule has 36 heavy (non-hydrogen) atoms. The topological polar surface area (TPSA) is 96.0 Å². The van der Waals surface area contributed by atoms with E-state index < -0.39 is 28.5 Å². The Morgan fingerprint density at radius 3 is 2.19 bits per heavy atom. The number of ether oxygens (including phenoxy) is 1. The van der Waals surface area contributed by atoms with Crippen molar-refractivity contribution < 1.29 is 22.7 Å². The molecule has 198 valence electrons. The molecule has 1 N–H and O–H groups in total. The van der Waals surface area contributed by atoms with Crippen LogP contribution >= 0.6 is 23.2 Å². The number of benzene rings is 2. The first kappa shape index (κ1) is 29.7. The van der Waals surface area contributed by atoms with Crippen molar-refractivity contribution in [2.45, 2.75) is 39.8 Å². The number of amides is 2. The zero-order chi connectivity index (χ0) is 27.0. The van der Waals surface area contributed by atoms with Crippen LogP contribution in [0.25, 0.3) is 0 Å². The summed E-state index contributed by atoms with van der Waals surface area (Å²) in [6, 6.07) is 10.6. The molecule has 0 unspecified atom stereocenters. The van der Waals surface area contributed by atoms with Crippen molar-refractivity contribution in [3.63, 3.8) is 0 Å². The first-order chi connectivity index (χ1) is 16.9. The Kier molecular flexibility index (Phi) is 10.9. The Bertz CT molecular complexity index is 1150. The molecule has 8 nitrogen and oxygen atoms in total. The van der Waals surface area contributed by atoms with Gasteiger partial charge in [-0.2, -0.15) is 0 Å². The van der Waals surface area contributed by atoms with Crippen LogP contribution in [0.15, 0.2) is 42.5 Å². The van der Waals surface area contributed by atoms with E-state index in [9.17, 15) is 18.0 Å². The summed E-state index contributed by atoms with van der Waals surface area (Å²) in [6.07, 6.45) is 1.31. The van der Waals surface area contributed by atoms with Crippen LogP contribution < -0.4 is 14.4 Å². The van der Waals surface area contributed by atoms with E-state index in [-0.39, 0.29) is 29.8 Å². The van der Waals surface area contributed by atoms with Gasteiger partial charge < -0.3 is 15.0 Å². The van der Waals surface area contributed by atoms with Crippen LogP contribution in [0.3, 0.4) is 0 Å². The lowest BCUT2D eigenvalue weighted by molar-refractivity contribution is -0.140. The van der Waals surface area contributed by atoms with Crippen LogP contribution in [0.5, 0.6) is 5.75 Å². The van der Waals surface area contributed by atoms with Gasteiger partial charge in [-0.25, -0.2) is 8.42 Å². The van der Waals surface area contributed by atoms with E-state index in [0.29, 0.717) is 28.6 Å². The molecule has 2 amide bonds. The Labute approximate surface area is 223 Å². The van der Waals surface area contributed by atoms with Crippen molar-refractivity contribution in [1.82, 2.24) is 10.2 Å². The van der Waals surface area contributed by atoms with Gasteiger partial charge in [-0.3, -0.25) is 13.9 Å². The molecule has 0 aliphatic rings. The van der Waals surface area contributed by atoms with E-state index in [0.717, 1.165) is 10.6 Å². The number of halogens is 2.